The second-order valence-corrected chi connectivity index (χ2v) is 12.0. The summed E-state index contributed by atoms with van der Waals surface area (Å²) >= 11 is 0. The van der Waals surface area contributed by atoms with Gasteiger partial charge in [-0.3, -0.25) is 0 Å². The zero-order valence-corrected chi connectivity index (χ0v) is 20.2. The number of nitrogens with zero attached hydrogens (tertiary/aromatic N) is 1. The second-order valence-electron chi connectivity index (χ2n) is 12.0. The average molecular weight is 438 g/mol. The van der Waals surface area contributed by atoms with E-state index in [4.69, 9.17) is 9.15 Å². The first kappa shape index (κ1) is 21.5. The van der Waals surface area contributed by atoms with E-state index in [9.17, 15) is 0 Å². The van der Waals surface area contributed by atoms with Gasteiger partial charge in [0.25, 0.3) is 0 Å². The topological polar surface area (TPSA) is 25.6 Å². The molecule has 6 atom stereocenters. The van der Waals surface area contributed by atoms with Gasteiger partial charge in [0, 0.05) is 12.0 Å². The van der Waals surface area contributed by atoms with E-state index in [1.807, 2.05) is 18.1 Å². The maximum absolute atomic E-state index is 6.60. The maximum atomic E-state index is 6.60. The number of rotatable bonds is 6. The highest BCUT2D eigenvalue weighted by Crippen LogP contribution is 2.68. The molecule has 0 bridgehead atoms. The highest BCUT2D eigenvalue weighted by molar-refractivity contribution is 5.27. The third-order valence-corrected chi connectivity index (χ3v) is 10.8. The molecule has 176 valence electrons. The fourth-order valence-electron chi connectivity index (χ4n) is 9.28. The van der Waals surface area contributed by atoms with Gasteiger partial charge in [0.05, 0.1) is 25.7 Å². The lowest BCUT2D eigenvalue weighted by atomic mass is 9.46. The van der Waals surface area contributed by atoms with Gasteiger partial charge in [-0.25, -0.2) is 0 Å². The molecule has 0 radical (unpaired) electrons. The zero-order chi connectivity index (χ0) is 21.6. The van der Waals surface area contributed by atoms with Gasteiger partial charge in [0.2, 0.25) is 0 Å². The SMILES string of the molecule is C[C@]12CCCC=C1CC[C@H]1[C@@H]3CC[C@@H](c4ccoc4)[C@@]3(COCCN3CCCC3)CC[C@@H]12. The molecule has 4 fully saturated rings. The number of allylic oxidation sites excluding steroid dienone is 2. The van der Waals surface area contributed by atoms with Crippen molar-refractivity contribution >= 4 is 0 Å². The lowest BCUT2D eigenvalue weighted by Gasteiger charge is -2.59. The molecule has 3 saturated carbocycles. The Hall–Kier alpha value is -1.06. The molecule has 0 N–H and O–H groups in total. The molecule has 1 aliphatic heterocycles. The molecular weight excluding hydrogens is 394 g/mol. The summed E-state index contributed by atoms with van der Waals surface area (Å²) in [5.74, 6) is 3.24. The lowest BCUT2D eigenvalue weighted by Crippen LogP contribution is -2.52. The Labute approximate surface area is 195 Å². The quantitative estimate of drug-likeness (QED) is 0.361. The van der Waals surface area contributed by atoms with E-state index < -0.39 is 0 Å². The Morgan fingerprint density at radius 2 is 1.97 bits per heavy atom. The molecule has 6 rings (SSSR count). The highest BCUT2D eigenvalue weighted by Gasteiger charge is 2.60. The van der Waals surface area contributed by atoms with Gasteiger partial charge in [0.15, 0.2) is 0 Å². The van der Waals surface area contributed by atoms with Crippen LogP contribution >= 0.6 is 0 Å². The van der Waals surface area contributed by atoms with Gasteiger partial charge < -0.3 is 14.1 Å². The fourth-order valence-corrected chi connectivity index (χ4v) is 9.28. The highest BCUT2D eigenvalue weighted by atomic mass is 16.5. The molecule has 1 saturated heterocycles. The summed E-state index contributed by atoms with van der Waals surface area (Å²) in [6, 6.07) is 2.25. The molecule has 0 amide bonds. The van der Waals surface area contributed by atoms with Crippen LogP contribution in [0.3, 0.4) is 0 Å². The van der Waals surface area contributed by atoms with E-state index in [1.165, 1.54) is 89.3 Å². The number of ether oxygens (including phenoxy) is 1. The summed E-state index contributed by atoms with van der Waals surface area (Å²) in [4.78, 5) is 2.59. The normalized spacial score (nSPS) is 41.7. The Morgan fingerprint density at radius 3 is 2.81 bits per heavy atom. The van der Waals surface area contributed by atoms with E-state index in [0.29, 0.717) is 16.7 Å². The predicted molar refractivity (Wildman–Crippen MR) is 129 cm³/mol. The summed E-state index contributed by atoms with van der Waals surface area (Å²) < 4.78 is 12.2. The van der Waals surface area contributed by atoms with Crippen LogP contribution in [0.5, 0.6) is 0 Å². The van der Waals surface area contributed by atoms with Crippen LogP contribution in [0.2, 0.25) is 0 Å². The van der Waals surface area contributed by atoms with Crippen molar-refractivity contribution in [3.05, 3.63) is 35.8 Å². The average Bonchev–Trinajstić information content (AvgIpc) is 3.57. The summed E-state index contributed by atoms with van der Waals surface area (Å²) in [6.07, 6.45) is 21.7. The number of fused-ring (bicyclic) bond motifs is 5. The Kier molecular flexibility index (Phi) is 5.78. The molecule has 5 aliphatic rings. The fraction of sp³-hybridized carbons (Fsp3) is 0.793. The van der Waals surface area contributed by atoms with Gasteiger partial charge in [-0.15, -0.1) is 0 Å². The molecule has 1 aromatic heterocycles. The number of hydrogen-bond donors (Lipinski definition) is 0. The summed E-state index contributed by atoms with van der Waals surface area (Å²) in [5.41, 5.74) is 4.07. The standard InChI is InChI=1S/C29H43NO2/c1-28-13-3-2-6-23(28)7-8-24-26(28)11-14-29(21-32-19-17-30-15-4-5-16-30)25(9-10-27(24)29)22-12-18-31-20-22/h6,12,18,20,24-27H,2-5,7-11,13-17,19,21H2,1H3/t24-,25+,26+,27+,28+,29+/m1/s1. The first-order valence-electron chi connectivity index (χ1n) is 13.7. The van der Waals surface area contributed by atoms with Crippen LogP contribution in [0.15, 0.2) is 34.7 Å². The van der Waals surface area contributed by atoms with E-state index in [0.717, 1.165) is 37.5 Å². The van der Waals surface area contributed by atoms with Crippen LogP contribution in [0.25, 0.3) is 0 Å². The minimum atomic E-state index is 0.322. The minimum absolute atomic E-state index is 0.322. The van der Waals surface area contributed by atoms with Gasteiger partial charge in [0.1, 0.15) is 0 Å². The zero-order valence-electron chi connectivity index (χ0n) is 20.2. The van der Waals surface area contributed by atoms with Crippen molar-refractivity contribution < 1.29 is 9.15 Å². The predicted octanol–water partition coefficient (Wildman–Crippen LogP) is 6.81. The summed E-state index contributed by atoms with van der Waals surface area (Å²) in [5, 5.41) is 0. The Morgan fingerprint density at radius 1 is 1.06 bits per heavy atom. The lowest BCUT2D eigenvalue weighted by molar-refractivity contribution is -0.0890. The van der Waals surface area contributed by atoms with Crippen molar-refractivity contribution in [2.45, 2.75) is 83.5 Å². The van der Waals surface area contributed by atoms with Gasteiger partial charge in [-0.2, -0.15) is 0 Å². The summed E-state index contributed by atoms with van der Waals surface area (Å²) in [7, 11) is 0. The molecule has 4 aliphatic carbocycles. The first-order valence-corrected chi connectivity index (χ1v) is 13.7. The molecule has 0 unspecified atom stereocenters. The van der Waals surface area contributed by atoms with Gasteiger partial charge in [-0.1, -0.05) is 18.6 Å². The van der Waals surface area contributed by atoms with Crippen LogP contribution in [-0.4, -0.2) is 37.7 Å². The monoisotopic (exact) mass is 437 g/mol. The second kappa shape index (κ2) is 8.62. The van der Waals surface area contributed by atoms with Crippen LogP contribution in [0.4, 0.5) is 0 Å². The Balaban J connectivity index is 1.24. The van der Waals surface area contributed by atoms with Gasteiger partial charge >= 0.3 is 0 Å². The van der Waals surface area contributed by atoms with Crippen molar-refractivity contribution in [1.82, 2.24) is 4.90 Å². The third kappa shape index (κ3) is 3.45. The van der Waals surface area contributed by atoms with E-state index >= 15 is 0 Å². The largest absolute Gasteiger partial charge is 0.472 e. The number of furan rings is 1. The molecule has 0 aromatic carbocycles. The van der Waals surface area contributed by atoms with Crippen LogP contribution in [0, 0.1) is 28.6 Å². The third-order valence-electron chi connectivity index (χ3n) is 10.8. The van der Waals surface area contributed by atoms with Crippen molar-refractivity contribution in [2.75, 3.05) is 32.8 Å². The first-order chi connectivity index (χ1) is 15.7. The van der Waals surface area contributed by atoms with Crippen LogP contribution in [0.1, 0.15) is 89.0 Å². The Bertz CT molecular complexity index is 809. The minimum Gasteiger partial charge on any atom is -0.472 e. The molecular formula is C29H43NO2. The number of likely N-dealkylation sites (tertiary alicyclic amines) is 1. The molecule has 3 heteroatoms. The van der Waals surface area contributed by atoms with Crippen molar-refractivity contribution in [3.63, 3.8) is 0 Å². The van der Waals surface area contributed by atoms with Crippen LogP contribution in [-0.2, 0) is 4.74 Å². The van der Waals surface area contributed by atoms with E-state index in [-0.39, 0.29) is 0 Å². The summed E-state index contributed by atoms with van der Waals surface area (Å²) in [6.45, 7) is 8.17. The molecule has 32 heavy (non-hydrogen) atoms. The van der Waals surface area contributed by atoms with Crippen molar-refractivity contribution in [3.8, 4) is 0 Å². The van der Waals surface area contributed by atoms with E-state index in [2.05, 4.69) is 24.0 Å². The molecule has 0 spiro atoms. The van der Waals surface area contributed by atoms with Crippen molar-refractivity contribution in [2.24, 2.45) is 28.6 Å². The molecule has 1 aromatic rings. The van der Waals surface area contributed by atoms with Gasteiger partial charge in [-0.05, 0) is 124 Å². The smallest absolute Gasteiger partial charge is 0.0937 e. The molecule has 2 heterocycles. The molecule has 3 nitrogen and oxygen atoms in total. The maximum Gasteiger partial charge on any atom is 0.0937 e. The van der Waals surface area contributed by atoms with E-state index in [1.54, 1.807) is 0 Å². The number of hydrogen-bond acceptors (Lipinski definition) is 3. The van der Waals surface area contributed by atoms with Crippen molar-refractivity contribution in [1.29, 1.82) is 0 Å². The van der Waals surface area contributed by atoms with Crippen LogP contribution < -0.4 is 0 Å².